The summed E-state index contributed by atoms with van der Waals surface area (Å²) in [6.45, 7) is 0. The summed E-state index contributed by atoms with van der Waals surface area (Å²) >= 11 is 0. The molecule has 0 amide bonds. The second kappa shape index (κ2) is 6.01. The highest BCUT2D eigenvalue weighted by molar-refractivity contribution is 6.09. The Morgan fingerprint density at radius 1 is 1.04 bits per heavy atom. The van der Waals surface area contributed by atoms with Crippen molar-refractivity contribution < 1.29 is 8.78 Å². The van der Waals surface area contributed by atoms with Crippen LogP contribution in [0.15, 0.2) is 58.5 Å². The fraction of sp³-hybridized carbons (Fsp3) is 0.0667. The lowest BCUT2D eigenvalue weighted by Crippen LogP contribution is -2.52. The number of anilines is 2. The fourth-order valence-electron chi connectivity index (χ4n) is 2.18. The van der Waals surface area contributed by atoms with Crippen LogP contribution in [-0.4, -0.2) is 18.2 Å². The molecule has 1 atom stereocenters. The van der Waals surface area contributed by atoms with Gasteiger partial charge in [0.2, 0.25) is 11.9 Å². The van der Waals surface area contributed by atoms with Crippen LogP contribution in [0.3, 0.4) is 0 Å². The molecule has 6 nitrogen and oxygen atoms in total. The van der Waals surface area contributed by atoms with Crippen LogP contribution in [-0.2, 0) is 0 Å². The Kier molecular flexibility index (Phi) is 3.90. The molecular formula is C15H14F2N6. The molecule has 1 aliphatic heterocycles. The van der Waals surface area contributed by atoms with Crippen molar-refractivity contribution >= 4 is 23.3 Å². The maximum Gasteiger partial charge on any atom is 0.229 e. The Hall–Kier alpha value is -3.00. The highest BCUT2D eigenvalue weighted by Gasteiger charge is 2.24. The zero-order valence-corrected chi connectivity index (χ0v) is 11.9. The number of halogens is 2. The van der Waals surface area contributed by atoms with E-state index < -0.39 is 17.9 Å². The molecule has 5 N–H and O–H groups in total. The first-order valence-electron chi connectivity index (χ1n) is 6.78. The lowest BCUT2D eigenvalue weighted by atomic mass is 10.3. The Morgan fingerprint density at radius 2 is 1.74 bits per heavy atom. The van der Waals surface area contributed by atoms with E-state index in [-0.39, 0.29) is 11.9 Å². The summed E-state index contributed by atoms with van der Waals surface area (Å²) in [4.78, 5) is 9.61. The Labute approximate surface area is 131 Å². The van der Waals surface area contributed by atoms with Crippen LogP contribution in [0, 0.1) is 11.6 Å². The van der Waals surface area contributed by atoms with Gasteiger partial charge in [-0.05, 0) is 36.4 Å². The van der Waals surface area contributed by atoms with E-state index >= 15 is 0 Å². The molecule has 1 aliphatic rings. The minimum atomic E-state index is -0.884. The molecular weight excluding hydrogens is 302 g/mol. The highest BCUT2D eigenvalue weighted by atomic mass is 19.1. The lowest BCUT2D eigenvalue weighted by molar-refractivity contribution is 0.625. The number of rotatable bonds is 2. The molecule has 118 valence electrons. The molecule has 0 bridgehead atoms. The average molecular weight is 316 g/mol. The molecule has 1 unspecified atom stereocenters. The first kappa shape index (κ1) is 14.9. The van der Waals surface area contributed by atoms with E-state index in [2.05, 4.69) is 15.3 Å². The minimum absolute atomic E-state index is 0.0528. The van der Waals surface area contributed by atoms with Gasteiger partial charge >= 0.3 is 0 Å². The normalized spacial score (nSPS) is 17.5. The number of aliphatic imine (C=N–C) groups is 2. The summed E-state index contributed by atoms with van der Waals surface area (Å²) < 4.78 is 26.5. The van der Waals surface area contributed by atoms with Gasteiger partial charge in [-0.2, -0.15) is 4.99 Å². The molecule has 3 rings (SSSR count). The average Bonchev–Trinajstić information content (AvgIpc) is 2.46. The summed E-state index contributed by atoms with van der Waals surface area (Å²) in [6, 6.07) is 11.6. The summed E-state index contributed by atoms with van der Waals surface area (Å²) in [5.41, 5.74) is 12.8. The molecule has 2 aromatic carbocycles. The molecule has 0 fully saturated rings. The zero-order valence-electron chi connectivity index (χ0n) is 11.9. The standard InChI is InChI=1S/C15H14F2N6/c16-9-3-1-5-11(7-9)20-15-21-13(18)23(14(19)22-15)12-6-2-4-10(17)8-12/h1-8,13H,18H2,(H3,19,20,21,22). The third-order valence-electron chi connectivity index (χ3n) is 3.15. The predicted molar refractivity (Wildman–Crippen MR) is 85.9 cm³/mol. The Morgan fingerprint density at radius 3 is 2.39 bits per heavy atom. The maximum absolute atomic E-state index is 13.3. The van der Waals surface area contributed by atoms with E-state index in [1.165, 1.54) is 35.2 Å². The lowest BCUT2D eigenvalue weighted by Gasteiger charge is -2.30. The van der Waals surface area contributed by atoms with Crippen LogP contribution in [0.5, 0.6) is 0 Å². The van der Waals surface area contributed by atoms with Crippen molar-refractivity contribution in [2.24, 2.45) is 21.5 Å². The van der Waals surface area contributed by atoms with Gasteiger partial charge in [0.1, 0.15) is 11.6 Å². The van der Waals surface area contributed by atoms with E-state index in [1.807, 2.05) is 0 Å². The second-order valence-corrected chi connectivity index (χ2v) is 4.82. The van der Waals surface area contributed by atoms with Crippen molar-refractivity contribution in [1.82, 2.24) is 0 Å². The van der Waals surface area contributed by atoms with Crippen LogP contribution < -0.4 is 21.7 Å². The maximum atomic E-state index is 13.3. The number of guanidine groups is 2. The summed E-state index contributed by atoms with van der Waals surface area (Å²) in [6.07, 6.45) is -0.884. The van der Waals surface area contributed by atoms with E-state index in [9.17, 15) is 8.78 Å². The largest absolute Gasteiger partial charge is 0.369 e. The molecule has 0 aromatic heterocycles. The third kappa shape index (κ3) is 3.27. The summed E-state index contributed by atoms with van der Waals surface area (Å²) in [7, 11) is 0. The predicted octanol–water partition coefficient (Wildman–Crippen LogP) is 1.81. The van der Waals surface area contributed by atoms with Gasteiger partial charge in [0.15, 0.2) is 6.29 Å². The van der Waals surface area contributed by atoms with Crippen molar-refractivity contribution in [2.75, 3.05) is 10.2 Å². The molecule has 8 heteroatoms. The topological polar surface area (TPSA) is 92.0 Å². The van der Waals surface area contributed by atoms with E-state index in [0.29, 0.717) is 11.4 Å². The smallest absolute Gasteiger partial charge is 0.229 e. The van der Waals surface area contributed by atoms with Crippen molar-refractivity contribution in [3.63, 3.8) is 0 Å². The van der Waals surface area contributed by atoms with Gasteiger partial charge in [0, 0.05) is 5.69 Å². The number of nitrogens with zero attached hydrogens (tertiary/aromatic N) is 3. The van der Waals surface area contributed by atoms with Gasteiger partial charge in [-0.25, -0.2) is 13.8 Å². The zero-order chi connectivity index (χ0) is 16.4. The summed E-state index contributed by atoms with van der Waals surface area (Å²) in [5.74, 6) is -0.616. The number of nitrogens with one attached hydrogen (secondary N) is 1. The monoisotopic (exact) mass is 316 g/mol. The number of nitrogens with two attached hydrogens (primary N) is 2. The van der Waals surface area contributed by atoms with Crippen LogP contribution in [0.25, 0.3) is 0 Å². The SMILES string of the molecule is NC1=NC(Nc2cccc(F)c2)=NC(N)N1c1cccc(F)c1. The highest BCUT2D eigenvalue weighted by Crippen LogP contribution is 2.19. The molecule has 2 aromatic rings. The van der Waals surface area contributed by atoms with E-state index in [4.69, 9.17) is 11.5 Å². The van der Waals surface area contributed by atoms with Crippen molar-refractivity contribution in [1.29, 1.82) is 0 Å². The number of hydrogen-bond donors (Lipinski definition) is 3. The van der Waals surface area contributed by atoms with Gasteiger partial charge < -0.3 is 11.1 Å². The van der Waals surface area contributed by atoms with Crippen molar-refractivity contribution in [3.8, 4) is 0 Å². The molecule has 0 saturated heterocycles. The van der Waals surface area contributed by atoms with Crippen LogP contribution in [0.2, 0.25) is 0 Å². The van der Waals surface area contributed by atoms with Crippen LogP contribution in [0.1, 0.15) is 0 Å². The fourth-order valence-corrected chi connectivity index (χ4v) is 2.18. The Bertz CT molecular complexity index is 789. The number of hydrogen-bond acceptors (Lipinski definition) is 6. The van der Waals surface area contributed by atoms with Gasteiger partial charge in [-0.1, -0.05) is 12.1 Å². The first-order valence-corrected chi connectivity index (χ1v) is 6.78. The molecule has 0 spiro atoms. The van der Waals surface area contributed by atoms with Gasteiger partial charge in [-0.3, -0.25) is 10.6 Å². The minimum Gasteiger partial charge on any atom is -0.369 e. The number of benzene rings is 2. The molecule has 0 radical (unpaired) electrons. The van der Waals surface area contributed by atoms with Crippen LogP contribution >= 0.6 is 0 Å². The van der Waals surface area contributed by atoms with E-state index in [1.54, 1.807) is 18.2 Å². The van der Waals surface area contributed by atoms with Gasteiger partial charge in [-0.15, -0.1) is 0 Å². The quantitative estimate of drug-likeness (QED) is 0.788. The third-order valence-corrected chi connectivity index (χ3v) is 3.15. The molecule has 0 saturated carbocycles. The first-order chi connectivity index (χ1) is 11.0. The van der Waals surface area contributed by atoms with Crippen molar-refractivity contribution in [3.05, 3.63) is 60.2 Å². The van der Waals surface area contributed by atoms with Gasteiger partial charge in [0.05, 0.1) is 5.69 Å². The van der Waals surface area contributed by atoms with Crippen molar-refractivity contribution in [2.45, 2.75) is 6.29 Å². The summed E-state index contributed by atoms with van der Waals surface area (Å²) in [5, 5.41) is 2.83. The second-order valence-electron chi connectivity index (χ2n) is 4.82. The Balaban J connectivity index is 1.84. The molecule has 0 aliphatic carbocycles. The molecule has 1 heterocycles. The molecule has 23 heavy (non-hydrogen) atoms. The van der Waals surface area contributed by atoms with Crippen LogP contribution in [0.4, 0.5) is 20.2 Å². The van der Waals surface area contributed by atoms with E-state index in [0.717, 1.165) is 0 Å². The van der Waals surface area contributed by atoms with Gasteiger partial charge in [0.25, 0.3) is 0 Å².